The summed E-state index contributed by atoms with van der Waals surface area (Å²) in [5.41, 5.74) is 11.3. The molecule has 0 saturated carbocycles. The Morgan fingerprint density at radius 3 is 2.51 bits per heavy atom. The van der Waals surface area contributed by atoms with E-state index in [1.54, 1.807) is 12.4 Å². The maximum absolute atomic E-state index is 11.4. The second kappa shape index (κ2) is 8.88. The second-order valence-corrected chi connectivity index (χ2v) is 8.17. The van der Waals surface area contributed by atoms with Crippen LogP contribution in [-0.2, 0) is 13.6 Å². The van der Waals surface area contributed by atoms with Gasteiger partial charge in [0.25, 0.3) is 5.69 Å². The van der Waals surface area contributed by atoms with Gasteiger partial charge < -0.3 is 20.4 Å². The van der Waals surface area contributed by atoms with Crippen LogP contribution in [0.3, 0.4) is 0 Å². The molecule has 35 heavy (non-hydrogen) atoms. The number of aromatic hydroxyl groups is 1. The summed E-state index contributed by atoms with van der Waals surface area (Å²) in [5.74, 6) is -0.118. The van der Waals surface area contributed by atoms with E-state index in [-0.39, 0.29) is 11.6 Å². The van der Waals surface area contributed by atoms with Gasteiger partial charge in [0.05, 0.1) is 33.9 Å². The number of benzene rings is 3. The van der Waals surface area contributed by atoms with Gasteiger partial charge in [-0.2, -0.15) is 0 Å². The fourth-order valence-electron chi connectivity index (χ4n) is 3.98. The van der Waals surface area contributed by atoms with Gasteiger partial charge in [0.15, 0.2) is 5.88 Å². The molecule has 0 aliphatic heterocycles. The predicted molar refractivity (Wildman–Crippen MR) is 135 cm³/mol. The summed E-state index contributed by atoms with van der Waals surface area (Å²) in [5, 5.41) is 22.7. The van der Waals surface area contributed by atoms with E-state index in [0.717, 1.165) is 22.4 Å². The second-order valence-electron chi connectivity index (χ2n) is 8.17. The molecule has 0 unspecified atom stereocenters. The smallest absolute Gasteiger partial charge is 0.270 e. The fourth-order valence-corrected chi connectivity index (χ4v) is 3.98. The Hall–Kier alpha value is -4.76. The average molecular weight is 467 g/mol. The molecule has 3 aromatic carbocycles. The van der Waals surface area contributed by atoms with Crippen LogP contribution in [0.1, 0.15) is 16.7 Å². The van der Waals surface area contributed by atoms with Gasteiger partial charge in [-0.15, -0.1) is 0 Å². The van der Waals surface area contributed by atoms with Crippen molar-refractivity contribution in [2.24, 2.45) is 17.8 Å². The molecule has 0 aliphatic carbocycles. The first-order chi connectivity index (χ1) is 16.9. The van der Waals surface area contributed by atoms with Gasteiger partial charge in [-0.3, -0.25) is 10.1 Å². The summed E-state index contributed by atoms with van der Waals surface area (Å²) in [6.45, 7) is 0.395. The van der Waals surface area contributed by atoms with Crippen LogP contribution >= 0.6 is 0 Å². The normalized spacial score (nSPS) is 11.8. The van der Waals surface area contributed by atoms with Crippen molar-refractivity contribution < 1.29 is 10.0 Å². The lowest BCUT2D eigenvalue weighted by atomic mass is 9.99. The highest BCUT2D eigenvalue weighted by Crippen LogP contribution is 2.34. The summed E-state index contributed by atoms with van der Waals surface area (Å²) >= 11 is 0. The summed E-state index contributed by atoms with van der Waals surface area (Å²) in [6.07, 6.45) is 3.67. The quantitative estimate of drug-likeness (QED) is 0.187. The van der Waals surface area contributed by atoms with Crippen molar-refractivity contribution in [3.05, 3.63) is 106 Å². The number of fused-ring (bicyclic) bond motifs is 1. The van der Waals surface area contributed by atoms with Crippen molar-refractivity contribution in [3.63, 3.8) is 0 Å². The Labute approximate surface area is 200 Å². The summed E-state index contributed by atoms with van der Waals surface area (Å²) in [4.78, 5) is 23.1. The third-order valence-corrected chi connectivity index (χ3v) is 5.78. The van der Waals surface area contributed by atoms with Crippen molar-refractivity contribution in [2.45, 2.75) is 6.54 Å². The number of imidazole rings is 1. The monoisotopic (exact) mass is 466 g/mol. The van der Waals surface area contributed by atoms with Crippen LogP contribution in [0.15, 0.2) is 84.2 Å². The number of nitro benzene ring substituents is 1. The van der Waals surface area contributed by atoms with E-state index in [2.05, 4.69) is 9.97 Å². The fraction of sp³-hybridized carbons (Fsp3) is 0.0769. The number of nitro groups is 1. The maximum atomic E-state index is 11.4. The molecule has 2 aromatic heterocycles. The van der Waals surface area contributed by atoms with Crippen LogP contribution in [0.25, 0.3) is 22.2 Å². The van der Waals surface area contributed by atoms with E-state index in [4.69, 9.17) is 10.7 Å². The molecule has 9 heteroatoms. The number of H-pyrrole nitrogens is 1. The van der Waals surface area contributed by atoms with Gasteiger partial charge in [0, 0.05) is 54.0 Å². The minimum Gasteiger partial charge on any atom is -0.494 e. The van der Waals surface area contributed by atoms with Gasteiger partial charge in [-0.05, 0) is 23.8 Å². The summed E-state index contributed by atoms with van der Waals surface area (Å²) in [7, 11) is 1.91. The predicted octanol–water partition coefficient (Wildman–Crippen LogP) is 4.81. The molecule has 0 saturated heterocycles. The summed E-state index contributed by atoms with van der Waals surface area (Å²) in [6, 6.07) is 19.5. The third kappa shape index (κ3) is 4.28. The molecule has 4 N–H and O–H groups in total. The number of aromatic nitrogens is 3. The molecule has 9 nitrogen and oxygen atoms in total. The molecule has 0 fully saturated rings. The first-order valence-electron chi connectivity index (χ1n) is 10.9. The average Bonchev–Trinajstić information content (AvgIpc) is 3.45. The number of nitrogens with zero attached hydrogens (tertiary/aromatic N) is 4. The van der Waals surface area contributed by atoms with Gasteiger partial charge in [-0.25, -0.2) is 9.98 Å². The highest BCUT2D eigenvalue weighted by Gasteiger charge is 2.21. The van der Waals surface area contributed by atoms with E-state index < -0.39 is 4.92 Å². The zero-order valence-electron chi connectivity index (χ0n) is 18.8. The van der Waals surface area contributed by atoms with Crippen LogP contribution in [-0.4, -0.2) is 30.3 Å². The largest absolute Gasteiger partial charge is 0.494 e. The highest BCUT2D eigenvalue weighted by molar-refractivity contribution is 6.22. The first kappa shape index (κ1) is 22.1. The highest BCUT2D eigenvalue weighted by atomic mass is 16.6. The van der Waals surface area contributed by atoms with Crippen molar-refractivity contribution >= 4 is 28.0 Å². The zero-order chi connectivity index (χ0) is 24.5. The Morgan fingerprint density at radius 2 is 1.89 bits per heavy atom. The lowest BCUT2D eigenvalue weighted by Gasteiger charge is -2.09. The Morgan fingerprint density at radius 1 is 1.14 bits per heavy atom. The van der Waals surface area contributed by atoms with E-state index in [9.17, 15) is 15.2 Å². The van der Waals surface area contributed by atoms with Crippen LogP contribution < -0.4 is 5.73 Å². The number of nitrogens with one attached hydrogen (secondary N) is 1. The molecule has 0 amide bonds. The molecule has 2 heterocycles. The minimum absolute atomic E-state index is 0.0738. The zero-order valence-corrected chi connectivity index (χ0v) is 18.8. The number of aryl methyl sites for hydroxylation is 1. The van der Waals surface area contributed by atoms with Gasteiger partial charge in [0.2, 0.25) is 0 Å². The molecule has 0 aliphatic rings. The van der Waals surface area contributed by atoms with Crippen molar-refractivity contribution in [3.8, 4) is 17.1 Å². The van der Waals surface area contributed by atoms with E-state index in [1.807, 2.05) is 66.3 Å². The molecule has 174 valence electrons. The molecular formula is C26H22N6O3. The number of hydrogen-bond donors (Lipinski definition) is 3. The maximum Gasteiger partial charge on any atom is 0.270 e. The Kier molecular flexibility index (Phi) is 5.60. The third-order valence-electron chi connectivity index (χ3n) is 5.78. The number of aliphatic imine (C=N–C) groups is 1. The number of non-ortho nitro benzene ring substituents is 1. The number of rotatable bonds is 6. The molecule has 5 aromatic rings. The van der Waals surface area contributed by atoms with Crippen molar-refractivity contribution in [1.29, 1.82) is 0 Å². The van der Waals surface area contributed by atoms with Crippen LogP contribution in [0.5, 0.6) is 5.88 Å². The van der Waals surface area contributed by atoms with Gasteiger partial charge in [-0.1, -0.05) is 36.4 Å². The van der Waals surface area contributed by atoms with Crippen LogP contribution in [0.4, 0.5) is 11.4 Å². The van der Waals surface area contributed by atoms with E-state index in [0.29, 0.717) is 34.4 Å². The lowest BCUT2D eigenvalue weighted by Crippen LogP contribution is -2.04. The standard InChI is InChI=1S/C26H22N6O3/c1-31-14-23(28-15-31)17-6-8-19(9-7-17)29-25(18-4-2-16(13-27)3-5-18)24-21-12-20(32(34)35)10-11-22(21)30-26(24)33/h2-12,14-15,30,33H,13,27H2,1H3. The van der Waals surface area contributed by atoms with Crippen molar-refractivity contribution in [1.82, 2.24) is 14.5 Å². The Bertz CT molecular complexity index is 1560. The number of aromatic amines is 1. The van der Waals surface area contributed by atoms with E-state index in [1.165, 1.54) is 12.1 Å². The van der Waals surface area contributed by atoms with Crippen LogP contribution in [0.2, 0.25) is 0 Å². The molecular weight excluding hydrogens is 444 g/mol. The molecule has 0 atom stereocenters. The molecule has 0 bridgehead atoms. The molecule has 0 spiro atoms. The Balaban J connectivity index is 1.67. The SMILES string of the molecule is Cn1cnc(-c2ccc(N=C(c3ccc(CN)cc3)c3c(O)[nH]c4ccc([N+](=O)[O-])cc34)cc2)c1. The molecule has 5 rings (SSSR count). The van der Waals surface area contributed by atoms with Gasteiger partial charge in [0.1, 0.15) is 0 Å². The van der Waals surface area contributed by atoms with Crippen LogP contribution in [0, 0.1) is 10.1 Å². The van der Waals surface area contributed by atoms with Gasteiger partial charge >= 0.3 is 0 Å². The number of hydrogen-bond acceptors (Lipinski definition) is 6. The lowest BCUT2D eigenvalue weighted by molar-refractivity contribution is -0.384. The number of nitrogens with two attached hydrogens (primary N) is 1. The summed E-state index contributed by atoms with van der Waals surface area (Å²) < 4.78 is 1.88. The van der Waals surface area contributed by atoms with Crippen molar-refractivity contribution in [2.75, 3.05) is 0 Å². The molecule has 0 radical (unpaired) electrons. The minimum atomic E-state index is -0.462. The first-order valence-corrected chi connectivity index (χ1v) is 10.9. The van der Waals surface area contributed by atoms with E-state index >= 15 is 0 Å². The topological polar surface area (TPSA) is 135 Å².